The van der Waals surface area contributed by atoms with Gasteiger partial charge in [-0.05, 0) is 27.0 Å². The summed E-state index contributed by atoms with van der Waals surface area (Å²) in [6.07, 6.45) is 0. The number of likely N-dealkylation sites (N-methyl/N-ethyl adjacent to an activating group) is 1. The van der Waals surface area contributed by atoms with E-state index in [0.717, 1.165) is 11.3 Å². The highest BCUT2D eigenvalue weighted by molar-refractivity contribution is 5.77. The van der Waals surface area contributed by atoms with Crippen LogP contribution in [0.2, 0.25) is 0 Å². The molecule has 0 aromatic heterocycles. The van der Waals surface area contributed by atoms with Crippen molar-refractivity contribution >= 4 is 5.91 Å². The number of nitrogens with one attached hydrogen (secondary N) is 1. The predicted octanol–water partition coefficient (Wildman–Crippen LogP) is 1.82. The molecule has 1 aromatic rings. The van der Waals surface area contributed by atoms with Gasteiger partial charge >= 0.3 is 0 Å². The summed E-state index contributed by atoms with van der Waals surface area (Å²) in [6.45, 7) is 4.77. The number of amides is 1. The lowest BCUT2D eigenvalue weighted by Gasteiger charge is -2.18. The molecule has 0 saturated heterocycles. The summed E-state index contributed by atoms with van der Waals surface area (Å²) < 4.78 is 5.61. The van der Waals surface area contributed by atoms with E-state index in [0.29, 0.717) is 6.54 Å². The molecule has 18 heavy (non-hydrogen) atoms. The van der Waals surface area contributed by atoms with Crippen LogP contribution in [0.4, 0.5) is 0 Å². The third-order valence-corrected chi connectivity index (χ3v) is 3.07. The highest BCUT2D eigenvalue weighted by Crippen LogP contribution is 2.24. The van der Waals surface area contributed by atoms with E-state index in [1.54, 1.807) is 11.9 Å². The van der Waals surface area contributed by atoms with Gasteiger partial charge in [0.1, 0.15) is 5.75 Å². The highest BCUT2D eigenvalue weighted by Gasteiger charge is 2.12. The van der Waals surface area contributed by atoms with E-state index in [9.17, 15) is 4.79 Å². The zero-order chi connectivity index (χ0) is 13.5. The van der Waals surface area contributed by atoms with Crippen LogP contribution in [0.3, 0.4) is 0 Å². The molecule has 0 radical (unpaired) electrons. The van der Waals surface area contributed by atoms with Crippen LogP contribution >= 0.6 is 0 Å². The zero-order valence-electron chi connectivity index (χ0n) is 11.6. The van der Waals surface area contributed by atoms with Gasteiger partial charge in [-0.2, -0.15) is 0 Å². The van der Waals surface area contributed by atoms with Gasteiger partial charge in [0.05, 0.1) is 0 Å². The molecule has 1 amide bonds. The summed E-state index contributed by atoms with van der Waals surface area (Å²) in [6, 6.07) is 7.97. The van der Waals surface area contributed by atoms with Gasteiger partial charge in [0.15, 0.2) is 6.61 Å². The van der Waals surface area contributed by atoms with E-state index >= 15 is 0 Å². The molecule has 0 heterocycles. The monoisotopic (exact) mass is 250 g/mol. The molecule has 0 aliphatic carbocycles. The fourth-order valence-electron chi connectivity index (χ4n) is 1.55. The van der Waals surface area contributed by atoms with Crippen LogP contribution in [0.1, 0.15) is 25.5 Å². The molecule has 1 aromatic carbocycles. The maximum atomic E-state index is 11.7. The molecule has 0 spiro atoms. The van der Waals surface area contributed by atoms with E-state index < -0.39 is 0 Å². The van der Waals surface area contributed by atoms with Crippen molar-refractivity contribution in [3.05, 3.63) is 29.8 Å². The lowest BCUT2D eigenvalue weighted by Crippen LogP contribution is -2.31. The Hall–Kier alpha value is -1.55. The van der Waals surface area contributed by atoms with Gasteiger partial charge in [-0.3, -0.25) is 4.79 Å². The Morgan fingerprint density at radius 1 is 1.44 bits per heavy atom. The molecular formula is C14H22N2O2. The lowest BCUT2D eigenvalue weighted by molar-refractivity contribution is -0.131. The summed E-state index contributed by atoms with van der Waals surface area (Å²) in [5, 5.41) is 3.17. The van der Waals surface area contributed by atoms with E-state index in [1.807, 2.05) is 38.2 Å². The molecule has 0 aliphatic rings. The first-order chi connectivity index (χ1) is 8.60. The molecule has 0 bridgehead atoms. The average molecular weight is 250 g/mol. The molecule has 1 unspecified atom stereocenters. The van der Waals surface area contributed by atoms with E-state index in [1.165, 1.54) is 0 Å². The molecular weight excluding hydrogens is 228 g/mol. The number of nitrogens with zero attached hydrogens (tertiary/aromatic N) is 1. The smallest absolute Gasteiger partial charge is 0.260 e. The number of carbonyl (C=O) groups excluding carboxylic acids is 1. The highest BCUT2D eigenvalue weighted by atomic mass is 16.5. The number of benzene rings is 1. The first-order valence-corrected chi connectivity index (χ1v) is 6.23. The lowest BCUT2D eigenvalue weighted by atomic mass is 10.1. The normalized spacial score (nSPS) is 12.0. The fourth-order valence-corrected chi connectivity index (χ4v) is 1.55. The molecule has 1 N–H and O–H groups in total. The minimum absolute atomic E-state index is 0.00980. The van der Waals surface area contributed by atoms with Crippen LogP contribution in [0.25, 0.3) is 0 Å². The molecule has 100 valence electrons. The van der Waals surface area contributed by atoms with Gasteiger partial charge in [0, 0.05) is 25.2 Å². The van der Waals surface area contributed by atoms with Gasteiger partial charge in [-0.25, -0.2) is 0 Å². The summed E-state index contributed by atoms with van der Waals surface area (Å²) in [5.74, 6) is 0.751. The number of ether oxygens (including phenoxy) is 1. The number of para-hydroxylation sites is 1. The Labute approximate surface area is 109 Å². The SMILES string of the molecule is CCN(C)C(=O)COc1ccccc1C(C)NC. The molecule has 0 saturated carbocycles. The summed E-state index contributed by atoms with van der Waals surface area (Å²) in [7, 11) is 3.67. The molecule has 4 heteroatoms. The maximum absolute atomic E-state index is 11.7. The standard InChI is InChI=1S/C14H22N2O2/c1-5-16(4)14(17)10-18-13-9-7-6-8-12(13)11(2)15-3/h6-9,11,15H,5,10H2,1-4H3. The van der Waals surface area contributed by atoms with Gasteiger partial charge in [0.25, 0.3) is 5.91 Å². The van der Waals surface area contributed by atoms with Gasteiger partial charge < -0.3 is 15.0 Å². The first-order valence-electron chi connectivity index (χ1n) is 6.23. The van der Waals surface area contributed by atoms with Gasteiger partial charge in [-0.15, -0.1) is 0 Å². The van der Waals surface area contributed by atoms with Crippen molar-refractivity contribution in [3.63, 3.8) is 0 Å². The number of rotatable bonds is 6. The zero-order valence-corrected chi connectivity index (χ0v) is 11.6. The molecule has 0 aliphatic heterocycles. The third kappa shape index (κ3) is 3.74. The van der Waals surface area contributed by atoms with Crippen molar-refractivity contribution in [2.75, 3.05) is 27.2 Å². The molecule has 4 nitrogen and oxygen atoms in total. The topological polar surface area (TPSA) is 41.6 Å². The number of carbonyl (C=O) groups is 1. The average Bonchev–Trinajstić information content (AvgIpc) is 2.43. The number of hydrogen-bond acceptors (Lipinski definition) is 3. The third-order valence-electron chi connectivity index (χ3n) is 3.07. The Morgan fingerprint density at radius 3 is 2.72 bits per heavy atom. The van der Waals surface area contributed by atoms with Crippen LogP contribution in [-0.4, -0.2) is 38.1 Å². The minimum atomic E-state index is -0.00980. The van der Waals surface area contributed by atoms with Crippen LogP contribution in [0, 0.1) is 0 Å². The summed E-state index contributed by atoms with van der Waals surface area (Å²) >= 11 is 0. The van der Waals surface area contributed by atoms with Gasteiger partial charge in [0.2, 0.25) is 0 Å². The van der Waals surface area contributed by atoms with E-state index in [4.69, 9.17) is 4.74 Å². The van der Waals surface area contributed by atoms with Crippen molar-refractivity contribution in [1.29, 1.82) is 0 Å². The Morgan fingerprint density at radius 2 is 2.11 bits per heavy atom. The molecule has 1 atom stereocenters. The first kappa shape index (κ1) is 14.5. The largest absolute Gasteiger partial charge is 0.483 e. The summed E-state index contributed by atoms with van der Waals surface area (Å²) in [5.41, 5.74) is 1.06. The Kier molecular flexibility index (Phi) is 5.65. The Balaban J connectivity index is 2.70. The molecule has 1 rings (SSSR count). The maximum Gasteiger partial charge on any atom is 0.260 e. The quantitative estimate of drug-likeness (QED) is 0.837. The minimum Gasteiger partial charge on any atom is -0.483 e. The fraction of sp³-hybridized carbons (Fsp3) is 0.500. The second-order valence-corrected chi connectivity index (χ2v) is 4.24. The van der Waals surface area contributed by atoms with Crippen LogP contribution in [0.15, 0.2) is 24.3 Å². The van der Waals surface area contributed by atoms with Gasteiger partial charge in [-0.1, -0.05) is 18.2 Å². The van der Waals surface area contributed by atoms with Crippen molar-refractivity contribution in [3.8, 4) is 5.75 Å². The van der Waals surface area contributed by atoms with E-state index in [-0.39, 0.29) is 18.6 Å². The molecule has 0 fully saturated rings. The van der Waals surface area contributed by atoms with Crippen LogP contribution in [-0.2, 0) is 4.79 Å². The van der Waals surface area contributed by atoms with Crippen molar-refractivity contribution in [1.82, 2.24) is 10.2 Å². The number of hydrogen-bond donors (Lipinski definition) is 1. The second-order valence-electron chi connectivity index (χ2n) is 4.24. The predicted molar refractivity (Wildman–Crippen MR) is 72.7 cm³/mol. The second kappa shape index (κ2) is 7.01. The van der Waals surface area contributed by atoms with Crippen LogP contribution in [0.5, 0.6) is 5.75 Å². The van der Waals surface area contributed by atoms with Crippen LogP contribution < -0.4 is 10.1 Å². The summed E-state index contributed by atoms with van der Waals surface area (Å²) in [4.78, 5) is 13.3. The van der Waals surface area contributed by atoms with Crippen molar-refractivity contribution < 1.29 is 9.53 Å². The van der Waals surface area contributed by atoms with Crippen molar-refractivity contribution in [2.45, 2.75) is 19.9 Å². The van der Waals surface area contributed by atoms with E-state index in [2.05, 4.69) is 12.2 Å². The van der Waals surface area contributed by atoms with Crippen molar-refractivity contribution in [2.24, 2.45) is 0 Å². The Bertz CT molecular complexity index is 393.